The van der Waals surface area contributed by atoms with Crippen LogP contribution in [0.25, 0.3) is 0 Å². The second-order valence-corrected chi connectivity index (χ2v) is 10.2. The molecule has 1 amide bonds. The van der Waals surface area contributed by atoms with Crippen molar-refractivity contribution in [1.29, 1.82) is 0 Å². The number of hydrogen-bond acceptors (Lipinski definition) is 7. The fourth-order valence-corrected chi connectivity index (χ4v) is 5.83. The Hall–Kier alpha value is -1.22. The van der Waals surface area contributed by atoms with Crippen LogP contribution in [0.15, 0.2) is 11.4 Å². The average molecular weight is 448 g/mol. The standard InChI is InChI=1S/C23H37N5O2S/c1-18-16-24-23(31-15-12-27-10-13-30-14-11-27)25-21(18)19-6-5-9-28(17-19)22(29)20-7-3-4-8-26(20)2/h16,19-20H,3-15,17H2,1-2H3. The number of ether oxygens (including phenoxy) is 1. The van der Waals surface area contributed by atoms with Gasteiger partial charge in [0.2, 0.25) is 5.91 Å². The Kier molecular flexibility index (Phi) is 8.20. The largest absolute Gasteiger partial charge is 0.379 e. The first-order valence-electron chi connectivity index (χ1n) is 11.9. The number of amides is 1. The Morgan fingerprint density at radius 3 is 2.81 bits per heavy atom. The van der Waals surface area contributed by atoms with Crippen LogP contribution in [0.5, 0.6) is 0 Å². The molecule has 2 atom stereocenters. The van der Waals surface area contributed by atoms with Crippen LogP contribution in [-0.2, 0) is 9.53 Å². The summed E-state index contributed by atoms with van der Waals surface area (Å²) in [6.07, 6.45) is 7.47. The fraction of sp³-hybridized carbons (Fsp3) is 0.783. The number of piperidine rings is 2. The van der Waals surface area contributed by atoms with Crippen molar-refractivity contribution in [3.8, 4) is 0 Å². The van der Waals surface area contributed by atoms with E-state index in [2.05, 4.69) is 33.7 Å². The summed E-state index contributed by atoms with van der Waals surface area (Å²) in [7, 11) is 2.10. The molecule has 0 aromatic carbocycles. The van der Waals surface area contributed by atoms with Gasteiger partial charge in [0.15, 0.2) is 5.16 Å². The summed E-state index contributed by atoms with van der Waals surface area (Å²) in [5, 5.41) is 0.865. The zero-order chi connectivity index (χ0) is 21.6. The van der Waals surface area contributed by atoms with Crippen molar-refractivity contribution in [1.82, 2.24) is 24.7 Å². The van der Waals surface area contributed by atoms with Crippen molar-refractivity contribution in [2.75, 3.05) is 65.3 Å². The van der Waals surface area contributed by atoms with E-state index in [4.69, 9.17) is 9.72 Å². The van der Waals surface area contributed by atoms with E-state index >= 15 is 0 Å². The molecule has 0 bridgehead atoms. The van der Waals surface area contributed by atoms with Gasteiger partial charge in [0.05, 0.1) is 24.9 Å². The van der Waals surface area contributed by atoms with Crippen molar-refractivity contribution in [3.63, 3.8) is 0 Å². The van der Waals surface area contributed by atoms with E-state index in [1.165, 1.54) is 6.42 Å². The average Bonchev–Trinajstić information content (AvgIpc) is 2.81. The van der Waals surface area contributed by atoms with Crippen LogP contribution in [-0.4, -0.2) is 102 Å². The molecule has 0 N–H and O–H groups in total. The van der Waals surface area contributed by atoms with E-state index < -0.39 is 0 Å². The van der Waals surface area contributed by atoms with E-state index in [-0.39, 0.29) is 6.04 Å². The third kappa shape index (κ3) is 5.97. The number of aromatic nitrogens is 2. The van der Waals surface area contributed by atoms with E-state index in [1.807, 2.05) is 6.20 Å². The summed E-state index contributed by atoms with van der Waals surface area (Å²) >= 11 is 1.74. The second-order valence-electron chi connectivity index (χ2n) is 9.14. The van der Waals surface area contributed by atoms with Crippen molar-refractivity contribution >= 4 is 17.7 Å². The Bertz CT molecular complexity index is 743. The molecule has 0 saturated carbocycles. The maximum absolute atomic E-state index is 13.2. The highest BCUT2D eigenvalue weighted by atomic mass is 32.2. The normalized spacial score (nSPS) is 26.2. The van der Waals surface area contributed by atoms with E-state index in [0.29, 0.717) is 11.8 Å². The minimum atomic E-state index is 0.0605. The van der Waals surface area contributed by atoms with Crippen LogP contribution in [0.4, 0.5) is 0 Å². The topological polar surface area (TPSA) is 61.8 Å². The first kappa shape index (κ1) is 23.0. The molecule has 31 heavy (non-hydrogen) atoms. The van der Waals surface area contributed by atoms with Gasteiger partial charge < -0.3 is 9.64 Å². The number of rotatable bonds is 6. The highest BCUT2D eigenvalue weighted by Crippen LogP contribution is 2.30. The Morgan fingerprint density at radius 1 is 1.16 bits per heavy atom. The third-order valence-electron chi connectivity index (χ3n) is 6.91. The predicted molar refractivity (Wildman–Crippen MR) is 124 cm³/mol. The lowest BCUT2D eigenvalue weighted by Crippen LogP contribution is -2.51. The first-order valence-corrected chi connectivity index (χ1v) is 12.9. The molecule has 1 aromatic heterocycles. The number of carbonyl (C=O) groups is 1. The third-order valence-corrected chi connectivity index (χ3v) is 7.75. The number of thioether (sulfide) groups is 1. The van der Waals surface area contributed by atoms with Crippen LogP contribution >= 0.6 is 11.8 Å². The highest BCUT2D eigenvalue weighted by Gasteiger charge is 2.33. The number of morpholine rings is 1. The summed E-state index contributed by atoms with van der Waals surface area (Å²) in [6.45, 7) is 9.56. The lowest BCUT2D eigenvalue weighted by atomic mass is 9.91. The lowest BCUT2D eigenvalue weighted by molar-refractivity contribution is -0.138. The number of carbonyl (C=O) groups excluding carboxylic acids is 1. The van der Waals surface area contributed by atoms with Gasteiger partial charge >= 0.3 is 0 Å². The number of likely N-dealkylation sites (tertiary alicyclic amines) is 2. The van der Waals surface area contributed by atoms with Gasteiger partial charge in [-0.2, -0.15) is 0 Å². The van der Waals surface area contributed by atoms with Crippen LogP contribution in [0, 0.1) is 6.92 Å². The quantitative estimate of drug-likeness (QED) is 0.490. The maximum atomic E-state index is 13.2. The fourth-order valence-electron chi connectivity index (χ4n) is 5.01. The van der Waals surface area contributed by atoms with Crippen molar-refractivity contribution in [2.45, 2.75) is 56.1 Å². The molecular formula is C23H37N5O2S. The van der Waals surface area contributed by atoms with Gasteiger partial charge in [0, 0.05) is 50.6 Å². The molecule has 172 valence electrons. The monoisotopic (exact) mass is 447 g/mol. The van der Waals surface area contributed by atoms with Gasteiger partial charge in [-0.1, -0.05) is 18.2 Å². The van der Waals surface area contributed by atoms with Gasteiger partial charge in [0.1, 0.15) is 0 Å². The molecule has 3 aliphatic heterocycles. The Morgan fingerprint density at radius 2 is 2.00 bits per heavy atom. The minimum absolute atomic E-state index is 0.0605. The van der Waals surface area contributed by atoms with Crippen molar-refractivity contribution in [3.05, 3.63) is 17.5 Å². The minimum Gasteiger partial charge on any atom is -0.379 e. The Labute approximate surface area is 190 Å². The molecule has 4 rings (SSSR count). The lowest BCUT2D eigenvalue weighted by Gasteiger charge is -2.39. The van der Waals surface area contributed by atoms with E-state index in [1.54, 1.807) is 11.8 Å². The van der Waals surface area contributed by atoms with Gasteiger partial charge in [-0.15, -0.1) is 0 Å². The molecule has 8 heteroatoms. The molecule has 0 aliphatic carbocycles. The van der Waals surface area contributed by atoms with Crippen LogP contribution in [0.3, 0.4) is 0 Å². The van der Waals surface area contributed by atoms with Crippen molar-refractivity contribution < 1.29 is 9.53 Å². The molecule has 0 spiro atoms. The molecule has 0 radical (unpaired) electrons. The van der Waals surface area contributed by atoms with E-state index in [9.17, 15) is 4.79 Å². The maximum Gasteiger partial charge on any atom is 0.239 e. The van der Waals surface area contributed by atoms with E-state index in [0.717, 1.165) is 100 Å². The number of nitrogens with zero attached hydrogens (tertiary/aromatic N) is 5. The number of likely N-dealkylation sites (N-methyl/N-ethyl adjacent to an activating group) is 1. The zero-order valence-electron chi connectivity index (χ0n) is 19.1. The highest BCUT2D eigenvalue weighted by molar-refractivity contribution is 7.99. The summed E-state index contributed by atoms with van der Waals surface area (Å²) in [6, 6.07) is 0.0605. The summed E-state index contributed by atoms with van der Waals surface area (Å²) in [5.41, 5.74) is 2.28. The molecule has 3 fully saturated rings. The van der Waals surface area contributed by atoms with Crippen LogP contribution < -0.4 is 0 Å². The molecular weight excluding hydrogens is 410 g/mol. The Balaban J connectivity index is 1.36. The summed E-state index contributed by atoms with van der Waals surface area (Å²) in [5.74, 6) is 1.62. The number of hydrogen-bond donors (Lipinski definition) is 0. The summed E-state index contributed by atoms with van der Waals surface area (Å²) < 4.78 is 5.43. The smallest absolute Gasteiger partial charge is 0.239 e. The molecule has 1 aromatic rings. The molecule has 3 saturated heterocycles. The first-order chi connectivity index (χ1) is 15.1. The van der Waals surface area contributed by atoms with Gasteiger partial charge in [-0.05, 0) is 51.8 Å². The van der Waals surface area contributed by atoms with Crippen LogP contribution in [0.2, 0.25) is 0 Å². The molecule has 4 heterocycles. The van der Waals surface area contributed by atoms with Gasteiger partial charge in [-0.3, -0.25) is 14.6 Å². The molecule has 7 nitrogen and oxygen atoms in total. The summed E-state index contributed by atoms with van der Waals surface area (Å²) in [4.78, 5) is 29.5. The predicted octanol–water partition coefficient (Wildman–Crippen LogP) is 2.40. The SMILES string of the molecule is Cc1cnc(SCCN2CCOCC2)nc1C1CCCN(C(=O)C2CCCCN2C)C1. The second kappa shape index (κ2) is 11.1. The number of aryl methyl sites for hydroxylation is 1. The zero-order valence-corrected chi connectivity index (χ0v) is 19.9. The molecule has 2 unspecified atom stereocenters. The van der Waals surface area contributed by atoms with Crippen LogP contribution in [0.1, 0.15) is 49.3 Å². The van der Waals surface area contributed by atoms with Crippen molar-refractivity contribution in [2.24, 2.45) is 0 Å². The molecule has 3 aliphatic rings. The van der Waals surface area contributed by atoms with Gasteiger partial charge in [0.25, 0.3) is 0 Å². The van der Waals surface area contributed by atoms with Gasteiger partial charge in [-0.25, -0.2) is 9.97 Å².